The van der Waals surface area contributed by atoms with Crippen molar-refractivity contribution in [3.63, 3.8) is 0 Å². The van der Waals surface area contributed by atoms with Crippen LogP contribution in [0.3, 0.4) is 0 Å². The zero-order valence-electron chi connectivity index (χ0n) is 3.01. The number of primary amides is 1. The molecule has 0 aliphatic rings. The normalized spacial score (nSPS) is 6.67. The average Bonchev–Trinajstić information content (AvgIpc) is 1.35. The lowest BCUT2D eigenvalue weighted by Crippen LogP contribution is -2.23. The van der Waals surface area contributed by atoms with Crippen LogP contribution in [0.2, 0.25) is 0 Å². The summed E-state index contributed by atoms with van der Waals surface area (Å²) >= 11 is 0. The monoisotopic (exact) mass is 86.0 g/mol. The molecule has 0 saturated heterocycles. The molecule has 0 aromatic rings. The number of carbonyl (C=O) groups excluding carboxylic acids is 1. The molecule has 0 saturated carbocycles. The number of carbonyl (C=O) groups is 1. The minimum absolute atomic E-state index is 0.752. The maximum absolute atomic E-state index is 9.54. The standard InChI is InChI=1S/C2H4N3O/c1-4-5-2(3)6/h1H,(H3,3,5,6). The van der Waals surface area contributed by atoms with Crippen LogP contribution in [0.1, 0.15) is 0 Å². The maximum atomic E-state index is 9.54. The van der Waals surface area contributed by atoms with Crippen LogP contribution in [0, 0.1) is 0 Å². The lowest BCUT2D eigenvalue weighted by atomic mass is 11.1. The summed E-state index contributed by atoms with van der Waals surface area (Å²) in [5.74, 6) is 0. The number of hydrazone groups is 1. The Hall–Kier alpha value is -1.06. The SMILES string of the molecule is [CH]=NNC(N)=O. The Balaban J connectivity index is 3.05. The van der Waals surface area contributed by atoms with Gasteiger partial charge in [0.1, 0.15) is 0 Å². The Kier molecular flexibility index (Phi) is 1.81. The second kappa shape index (κ2) is 2.19. The minimum Gasteiger partial charge on any atom is -0.350 e. The van der Waals surface area contributed by atoms with Crippen LogP contribution in [-0.4, -0.2) is 12.7 Å². The zero-order chi connectivity index (χ0) is 4.99. The number of nitrogens with two attached hydrogens (primary N) is 1. The predicted octanol–water partition coefficient (Wildman–Crippen LogP) is -0.853. The van der Waals surface area contributed by atoms with E-state index < -0.39 is 6.03 Å². The van der Waals surface area contributed by atoms with Crippen LogP contribution in [0.25, 0.3) is 0 Å². The number of urea groups is 1. The van der Waals surface area contributed by atoms with Crippen molar-refractivity contribution in [2.24, 2.45) is 10.8 Å². The van der Waals surface area contributed by atoms with Gasteiger partial charge in [-0.3, -0.25) is 0 Å². The van der Waals surface area contributed by atoms with Gasteiger partial charge < -0.3 is 5.73 Å². The van der Waals surface area contributed by atoms with E-state index in [0.717, 1.165) is 0 Å². The van der Waals surface area contributed by atoms with Crippen LogP contribution in [0.15, 0.2) is 5.10 Å². The molecular formula is C2H4N3O. The molecule has 0 atom stereocenters. The van der Waals surface area contributed by atoms with Crippen molar-refractivity contribution in [3.05, 3.63) is 0 Å². The molecule has 0 bridgehead atoms. The summed E-state index contributed by atoms with van der Waals surface area (Å²) in [5.41, 5.74) is 6.23. The van der Waals surface area contributed by atoms with Gasteiger partial charge in [-0.2, -0.15) is 5.10 Å². The highest BCUT2D eigenvalue weighted by Crippen LogP contribution is 1.47. The van der Waals surface area contributed by atoms with E-state index in [1.165, 1.54) is 0 Å². The van der Waals surface area contributed by atoms with E-state index in [1.54, 1.807) is 5.43 Å². The highest BCUT2D eigenvalue weighted by molar-refractivity contribution is 5.71. The van der Waals surface area contributed by atoms with Gasteiger partial charge >= 0.3 is 6.03 Å². The molecule has 0 aliphatic heterocycles. The highest BCUT2D eigenvalue weighted by Gasteiger charge is 1.77. The Morgan fingerprint density at radius 1 is 2.00 bits per heavy atom. The van der Waals surface area contributed by atoms with Crippen molar-refractivity contribution in [1.82, 2.24) is 5.43 Å². The Labute approximate surface area is 35.0 Å². The molecule has 2 amide bonds. The molecule has 4 nitrogen and oxygen atoms in total. The lowest BCUT2D eigenvalue weighted by molar-refractivity contribution is 0.249. The van der Waals surface area contributed by atoms with Crippen LogP contribution in [0.5, 0.6) is 0 Å². The summed E-state index contributed by atoms with van der Waals surface area (Å²) in [5, 5.41) is 2.71. The van der Waals surface area contributed by atoms with Gasteiger partial charge in [-0.1, -0.05) is 0 Å². The number of hydrogen-bond donors (Lipinski definition) is 2. The second-order valence-corrected chi connectivity index (χ2v) is 0.605. The van der Waals surface area contributed by atoms with Gasteiger partial charge in [0.05, 0.1) is 6.72 Å². The van der Waals surface area contributed by atoms with Crippen LogP contribution in [-0.2, 0) is 0 Å². The highest BCUT2D eigenvalue weighted by atomic mass is 16.2. The third-order valence-corrected chi connectivity index (χ3v) is 0.175. The number of amides is 2. The first-order valence-electron chi connectivity index (χ1n) is 1.22. The van der Waals surface area contributed by atoms with E-state index in [-0.39, 0.29) is 0 Å². The maximum Gasteiger partial charge on any atom is 0.332 e. The number of rotatable bonds is 1. The summed E-state index contributed by atoms with van der Waals surface area (Å²) in [4.78, 5) is 9.54. The van der Waals surface area contributed by atoms with Gasteiger partial charge in [-0.15, -0.1) is 0 Å². The zero-order valence-corrected chi connectivity index (χ0v) is 3.01. The first kappa shape index (κ1) is 4.94. The molecule has 0 fully saturated rings. The van der Waals surface area contributed by atoms with Crippen LogP contribution < -0.4 is 11.2 Å². The number of nitrogens with zero attached hydrogens (tertiary/aromatic N) is 1. The second-order valence-electron chi connectivity index (χ2n) is 0.605. The minimum atomic E-state index is -0.752. The Morgan fingerprint density at radius 2 is 2.50 bits per heavy atom. The van der Waals surface area contributed by atoms with Crippen molar-refractivity contribution >= 4 is 12.7 Å². The van der Waals surface area contributed by atoms with Crippen molar-refractivity contribution in [2.75, 3.05) is 0 Å². The molecule has 4 heteroatoms. The van der Waals surface area contributed by atoms with E-state index >= 15 is 0 Å². The van der Waals surface area contributed by atoms with Gasteiger partial charge in [0.15, 0.2) is 0 Å². The molecule has 6 heavy (non-hydrogen) atoms. The molecule has 0 rings (SSSR count). The van der Waals surface area contributed by atoms with Gasteiger partial charge in [-0.05, 0) is 0 Å². The van der Waals surface area contributed by atoms with Crippen molar-refractivity contribution in [3.8, 4) is 0 Å². The topological polar surface area (TPSA) is 67.5 Å². The van der Waals surface area contributed by atoms with Crippen LogP contribution >= 0.6 is 0 Å². The van der Waals surface area contributed by atoms with Crippen molar-refractivity contribution in [2.45, 2.75) is 0 Å². The molecule has 1 radical (unpaired) electrons. The molecule has 0 heterocycles. The van der Waals surface area contributed by atoms with Gasteiger partial charge in [0.2, 0.25) is 0 Å². The first-order valence-corrected chi connectivity index (χ1v) is 1.22. The first-order chi connectivity index (χ1) is 2.77. The lowest BCUT2D eigenvalue weighted by Gasteiger charge is -1.82. The summed E-state index contributed by atoms with van der Waals surface area (Å²) < 4.78 is 0. The molecule has 33 valence electrons. The fourth-order valence-corrected chi connectivity index (χ4v) is 0.0636. The third kappa shape index (κ3) is 2.94. The smallest absolute Gasteiger partial charge is 0.332 e. The van der Waals surface area contributed by atoms with E-state index in [1.807, 2.05) is 0 Å². The summed E-state index contributed by atoms with van der Waals surface area (Å²) in [6.45, 7) is 4.44. The third-order valence-electron chi connectivity index (χ3n) is 0.175. The van der Waals surface area contributed by atoms with Gasteiger partial charge in [-0.25, -0.2) is 10.2 Å². The van der Waals surface area contributed by atoms with Gasteiger partial charge in [0.25, 0.3) is 0 Å². The predicted molar refractivity (Wildman–Crippen MR) is 21.2 cm³/mol. The molecule has 0 aromatic carbocycles. The molecule has 0 aliphatic carbocycles. The van der Waals surface area contributed by atoms with Crippen molar-refractivity contribution in [1.29, 1.82) is 0 Å². The fraction of sp³-hybridized carbons (Fsp3) is 0. The summed E-state index contributed by atoms with van der Waals surface area (Å²) in [6.07, 6.45) is 0. The quantitative estimate of drug-likeness (QED) is 0.316. The molecule has 0 spiro atoms. The number of nitrogens with one attached hydrogen (secondary N) is 1. The molecule has 0 unspecified atom stereocenters. The molecule has 0 aromatic heterocycles. The molecule has 3 N–H and O–H groups in total. The van der Waals surface area contributed by atoms with Crippen molar-refractivity contribution < 1.29 is 4.79 Å². The Bertz CT molecular complexity index is 69.2. The average molecular weight is 86.1 g/mol. The number of hydrogen-bond acceptors (Lipinski definition) is 2. The van der Waals surface area contributed by atoms with Gasteiger partial charge in [0, 0.05) is 0 Å². The van der Waals surface area contributed by atoms with Crippen LogP contribution in [0.4, 0.5) is 4.79 Å². The fourth-order valence-electron chi connectivity index (χ4n) is 0.0636. The summed E-state index contributed by atoms with van der Waals surface area (Å²) in [6, 6.07) is -0.752. The van der Waals surface area contributed by atoms with E-state index in [2.05, 4.69) is 17.6 Å². The summed E-state index contributed by atoms with van der Waals surface area (Å²) in [7, 11) is 0. The van der Waals surface area contributed by atoms with E-state index in [0.29, 0.717) is 0 Å². The van der Waals surface area contributed by atoms with E-state index in [4.69, 9.17) is 0 Å². The Morgan fingerprint density at radius 3 is 2.50 bits per heavy atom. The van der Waals surface area contributed by atoms with E-state index in [9.17, 15) is 4.79 Å². The molecular weight excluding hydrogens is 82.0 g/mol. The largest absolute Gasteiger partial charge is 0.350 e.